The summed E-state index contributed by atoms with van der Waals surface area (Å²) in [6, 6.07) is 1.92. The molecule has 1 saturated heterocycles. The third kappa shape index (κ3) is 2.92. The molecule has 0 aromatic carbocycles. The summed E-state index contributed by atoms with van der Waals surface area (Å²) in [6.45, 7) is 2.66. The molecule has 23 heavy (non-hydrogen) atoms. The van der Waals surface area contributed by atoms with E-state index in [-0.39, 0.29) is 5.91 Å². The molecule has 4 heterocycles. The zero-order chi connectivity index (χ0) is 15.6. The highest BCUT2D eigenvalue weighted by Gasteiger charge is 2.29. The van der Waals surface area contributed by atoms with Gasteiger partial charge >= 0.3 is 0 Å². The van der Waals surface area contributed by atoms with Gasteiger partial charge in [-0.3, -0.25) is 4.79 Å². The van der Waals surface area contributed by atoms with Gasteiger partial charge in [0.05, 0.1) is 5.56 Å². The van der Waals surface area contributed by atoms with E-state index in [1.54, 1.807) is 11.3 Å². The number of aromatic nitrogens is 3. The van der Waals surface area contributed by atoms with Crippen molar-refractivity contribution in [2.24, 2.45) is 0 Å². The fourth-order valence-corrected chi connectivity index (χ4v) is 4.38. The Morgan fingerprint density at radius 1 is 1.17 bits per heavy atom. The molecule has 0 spiro atoms. The number of nitrogens with zero attached hydrogens (tertiary/aromatic N) is 4. The number of piperidine rings is 1. The smallest absolute Gasteiger partial charge is 0.254 e. The number of carbonyl (C=O) groups excluding carboxylic acids is 1. The Morgan fingerprint density at radius 2 is 2.13 bits per heavy atom. The molecule has 5 nitrogen and oxygen atoms in total. The summed E-state index contributed by atoms with van der Waals surface area (Å²) in [5.41, 5.74) is 0.815. The first-order chi connectivity index (χ1) is 11.3. The van der Waals surface area contributed by atoms with Crippen molar-refractivity contribution in [1.29, 1.82) is 0 Å². The number of carbonyl (C=O) groups is 1. The Morgan fingerprint density at radius 3 is 3.00 bits per heavy atom. The van der Waals surface area contributed by atoms with Crippen LogP contribution in [0.2, 0.25) is 0 Å². The predicted molar refractivity (Wildman–Crippen MR) is 89.8 cm³/mol. The molecule has 0 bridgehead atoms. The third-order valence-electron chi connectivity index (χ3n) is 4.98. The second kappa shape index (κ2) is 6.43. The van der Waals surface area contributed by atoms with Gasteiger partial charge in [0.25, 0.3) is 5.91 Å². The molecular weight excluding hydrogens is 308 g/mol. The van der Waals surface area contributed by atoms with Gasteiger partial charge in [-0.15, -0.1) is 10.2 Å². The largest absolute Gasteiger partial charge is 0.338 e. The Bertz CT molecular complexity index is 679. The highest BCUT2D eigenvalue weighted by Crippen LogP contribution is 2.28. The first-order valence-corrected chi connectivity index (χ1v) is 9.50. The standard InChI is InChI=1S/C17H22N4OS/c22-17(14-7-10-23-12-14)20-8-4-5-13(11-20)16-19-18-15-6-2-1-3-9-21(15)16/h7,10,12-13H,1-6,8-9,11H2/t13-/m1/s1. The maximum absolute atomic E-state index is 12.6. The Balaban J connectivity index is 1.54. The minimum atomic E-state index is 0.159. The van der Waals surface area contributed by atoms with Gasteiger partial charge in [-0.1, -0.05) is 6.42 Å². The van der Waals surface area contributed by atoms with Gasteiger partial charge < -0.3 is 9.47 Å². The van der Waals surface area contributed by atoms with Gasteiger partial charge in [0, 0.05) is 37.4 Å². The average Bonchev–Trinajstić information content (AvgIpc) is 3.20. The molecule has 0 radical (unpaired) electrons. The predicted octanol–water partition coefficient (Wildman–Crippen LogP) is 3.09. The van der Waals surface area contributed by atoms with Crippen LogP contribution < -0.4 is 0 Å². The molecular formula is C17H22N4OS. The highest BCUT2D eigenvalue weighted by molar-refractivity contribution is 7.08. The number of hydrogen-bond donors (Lipinski definition) is 0. The number of hydrogen-bond acceptors (Lipinski definition) is 4. The SMILES string of the molecule is O=C(c1ccsc1)N1CCC[C@@H](c2nnc3n2CCCCC3)C1. The molecule has 122 valence electrons. The van der Waals surface area contributed by atoms with Crippen LogP contribution >= 0.6 is 11.3 Å². The van der Waals surface area contributed by atoms with Crippen molar-refractivity contribution in [3.8, 4) is 0 Å². The fourth-order valence-electron chi connectivity index (χ4n) is 3.75. The summed E-state index contributed by atoms with van der Waals surface area (Å²) in [5, 5.41) is 12.8. The zero-order valence-corrected chi connectivity index (χ0v) is 14.1. The average molecular weight is 330 g/mol. The van der Waals surface area contributed by atoms with Gasteiger partial charge in [0.15, 0.2) is 0 Å². The Kier molecular flexibility index (Phi) is 4.16. The summed E-state index contributed by atoms with van der Waals surface area (Å²) >= 11 is 1.58. The topological polar surface area (TPSA) is 51.0 Å². The lowest BCUT2D eigenvalue weighted by molar-refractivity contribution is 0.0703. The zero-order valence-electron chi connectivity index (χ0n) is 13.3. The van der Waals surface area contributed by atoms with Crippen LogP contribution in [0.15, 0.2) is 16.8 Å². The number of amides is 1. The summed E-state index contributed by atoms with van der Waals surface area (Å²) in [7, 11) is 0. The van der Waals surface area contributed by atoms with Crippen LogP contribution in [0.25, 0.3) is 0 Å². The van der Waals surface area contributed by atoms with Crippen LogP contribution in [0, 0.1) is 0 Å². The molecule has 6 heteroatoms. The van der Waals surface area contributed by atoms with Crippen LogP contribution in [0.5, 0.6) is 0 Å². The van der Waals surface area contributed by atoms with Crippen molar-refractivity contribution < 1.29 is 4.79 Å². The monoisotopic (exact) mass is 330 g/mol. The highest BCUT2D eigenvalue weighted by atomic mass is 32.1. The maximum atomic E-state index is 12.6. The molecule has 4 rings (SSSR count). The number of thiophene rings is 1. The quantitative estimate of drug-likeness (QED) is 0.850. The van der Waals surface area contributed by atoms with E-state index >= 15 is 0 Å². The van der Waals surface area contributed by atoms with E-state index in [1.165, 1.54) is 19.3 Å². The molecule has 0 saturated carbocycles. The number of likely N-dealkylation sites (tertiary alicyclic amines) is 1. The normalized spacial score (nSPS) is 21.7. The number of fused-ring (bicyclic) bond motifs is 1. The van der Waals surface area contributed by atoms with E-state index in [1.807, 2.05) is 21.7 Å². The number of rotatable bonds is 2. The minimum Gasteiger partial charge on any atom is -0.338 e. The van der Waals surface area contributed by atoms with Crippen LogP contribution in [-0.4, -0.2) is 38.7 Å². The van der Waals surface area contributed by atoms with Gasteiger partial charge in [-0.2, -0.15) is 11.3 Å². The van der Waals surface area contributed by atoms with Crippen molar-refractivity contribution in [1.82, 2.24) is 19.7 Å². The molecule has 0 aliphatic carbocycles. The van der Waals surface area contributed by atoms with Crippen LogP contribution in [-0.2, 0) is 13.0 Å². The Labute approximate surface area is 140 Å². The lowest BCUT2D eigenvalue weighted by atomic mass is 9.96. The van der Waals surface area contributed by atoms with Crippen molar-refractivity contribution in [3.63, 3.8) is 0 Å². The molecule has 0 unspecified atom stereocenters. The maximum Gasteiger partial charge on any atom is 0.254 e. The van der Waals surface area contributed by atoms with E-state index in [0.717, 1.165) is 56.1 Å². The van der Waals surface area contributed by atoms with E-state index < -0.39 is 0 Å². The van der Waals surface area contributed by atoms with Gasteiger partial charge in [-0.25, -0.2) is 0 Å². The third-order valence-corrected chi connectivity index (χ3v) is 5.66. The van der Waals surface area contributed by atoms with Gasteiger partial charge in [-0.05, 0) is 37.1 Å². The van der Waals surface area contributed by atoms with Crippen LogP contribution in [0.1, 0.15) is 60.0 Å². The molecule has 0 N–H and O–H groups in total. The summed E-state index contributed by atoms with van der Waals surface area (Å²) in [5.74, 6) is 2.72. The first-order valence-electron chi connectivity index (χ1n) is 8.56. The lowest BCUT2D eigenvalue weighted by Gasteiger charge is -2.32. The minimum absolute atomic E-state index is 0.159. The van der Waals surface area contributed by atoms with E-state index in [4.69, 9.17) is 0 Å². The molecule has 1 fully saturated rings. The van der Waals surface area contributed by atoms with E-state index in [0.29, 0.717) is 5.92 Å². The van der Waals surface area contributed by atoms with Crippen molar-refractivity contribution in [2.75, 3.05) is 13.1 Å². The lowest BCUT2D eigenvalue weighted by Crippen LogP contribution is -2.39. The van der Waals surface area contributed by atoms with E-state index in [9.17, 15) is 4.79 Å². The summed E-state index contributed by atoms with van der Waals surface area (Å²) in [6.07, 6.45) is 6.88. The molecule has 1 atom stereocenters. The summed E-state index contributed by atoms with van der Waals surface area (Å²) in [4.78, 5) is 14.6. The molecule has 2 aromatic heterocycles. The molecule has 2 aliphatic heterocycles. The molecule has 2 aliphatic rings. The first kappa shape index (κ1) is 14.9. The van der Waals surface area contributed by atoms with Crippen LogP contribution in [0.3, 0.4) is 0 Å². The summed E-state index contributed by atoms with van der Waals surface area (Å²) < 4.78 is 2.33. The van der Waals surface area contributed by atoms with Crippen molar-refractivity contribution in [3.05, 3.63) is 34.0 Å². The van der Waals surface area contributed by atoms with E-state index in [2.05, 4.69) is 14.8 Å². The molecule has 1 amide bonds. The van der Waals surface area contributed by atoms with Gasteiger partial charge in [0.2, 0.25) is 0 Å². The fraction of sp³-hybridized carbons (Fsp3) is 0.588. The van der Waals surface area contributed by atoms with Gasteiger partial charge in [0.1, 0.15) is 11.6 Å². The number of aryl methyl sites for hydroxylation is 1. The van der Waals surface area contributed by atoms with Crippen LogP contribution in [0.4, 0.5) is 0 Å². The van der Waals surface area contributed by atoms with Crippen molar-refractivity contribution >= 4 is 17.2 Å². The molecule has 2 aromatic rings. The Hall–Kier alpha value is -1.69. The van der Waals surface area contributed by atoms with Crippen molar-refractivity contribution in [2.45, 2.75) is 51.0 Å². The second-order valence-electron chi connectivity index (χ2n) is 6.54. The second-order valence-corrected chi connectivity index (χ2v) is 7.32.